The predicted octanol–water partition coefficient (Wildman–Crippen LogP) is 2.51. The van der Waals surface area contributed by atoms with Crippen LogP contribution in [-0.2, 0) is 4.74 Å². The number of para-hydroxylation sites is 1. The average molecular weight is 204 g/mol. The normalized spacial score (nSPS) is 19.9. The molecular formula is C12H16N2O. The van der Waals surface area contributed by atoms with Gasteiger partial charge in [-0.2, -0.15) is 0 Å². The number of nitrogens with one attached hydrogen (secondary N) is 1. The Hall–Kier alpha value is -1.51. The van der Waals surface area contributed by atoms with Gasteiger partial charge in [-0.05, 0) is 18.1 Å². The van der Waals surface area contributed by atoms with Crippen LogP contribution in [0.15, 0.2) is 35.3 Å². The van der Waals surface area contributed by atoms with Crippen molar-refractivity contribution in [1.29, 1.82) is 0 Å². The molecule has 15 heavy (non-hydrogen) atoms. The van der Waals surface area contributed by atoms with Gasteiger partial charge in [-0.25, -0.2) is 4.99 Å². The molecule has 1 atom stereocenters. The molecule has 0 spiro atoms. The van der Waals surface area contributed by atoms with E-state index in [4.69, 9.17) is 4.74 Å². The Morgan fingerprint density at radius 3 is 2.67 bits per heavy atom. The minimum absolute atomic E-state index is 0.288. The van der Waals surface area contributed by atoms with Gasteiger partial charge in [-0.1, -0.05) is 32.0 Å². The molecule has 0 unspecified atom stereocenters. The van der Waals surface area contributed by atoms with E-state index in [1.54, 1.807) is 0 Å². The van der Waals surface area contributed by atoms with E-state index in [-0.39, 0.29) is 6.04 Å². The van der Waals surface area contributed by atoms with Gasteiger partial charge in [-0.15, -0.1) is 0 Å². The summed E-state index contributed by atoms with van der Waals surface area (Å²) < 4.78 is 5.47. The molecule has 3 heteroatoms. The number of nitrogens with zero attached hydrogens (tertiary/aromatic N) is 1. The summed E-state index contributed by atoms with van der Waals surface area (Å²) >= 11 is 0. The SMILES string of the molecule is CC(C)[C@H]1COC(Nc2ccccc2)=N1. The molecule has 0 aromatic heterocycles. The Kier molecular flexibility index (Phi) is 2.90. The summed E-state index contributed by atoms with van der Waals surface area (Å²) in [5, 5.41) is 3.15. The molecule has 1 N–H and O–H groups in total. The zero-order chi connectivity index (χ0) is 10.7. The van der Waals surface area contributed by atoms with Crippen molar-refractivity contribution in [2.24, 2.45) is 10.9 Å². The largest absolute Gasteiger partial charge is 0.463 e. The Labute approximate surface area is 90.2 Å². The van der Waals surface area contributed by atoms with Crippen LogP contribution in [0.1, 0.15) is 13.8 Å². The molecule has 0 bridgehead atoms. The number of aliphatic imine (C=N–C) groups is 1. The predicted molar refractivity (Wildman–Crippen MR) is 62.1 cm³/mol. The molecule has 0 saturated carbocycles. The van der Waals surface area contributed by atoms with Crippen molar-refractivity contribution in [1.82, 2.24) is 0 Å². The van der Waals surface area contributed by atoms with Gasteiger partial charge in [0.25, 0.3) is 6.02 Å². The van der Waals surface area contributed by atoms with E-state index in [9.17, 15) is 0 Å². The molecule has 0 fully saturated rings. The second kappa shape index (κ2) is 4.34. The molecule has 0 radical (unpaired) electrons. The highest BCUT2D eigenvalue weighted by Crippen LogP contribution is 2.15. The van der Waals surface area contributed by atoms with Crippen molar-refractivity contribution in [2.45, 2.75) is 19.9 Å². The van der Waals surface area contributed by atoms with E-state index in [1.165, 1.54) is 0 Å². The molecular weight excluding hydrogens is 188 g/mol. The van der Waals surface area contributed by atoms with Crippen LogP contribution in [0.5, 0.6) is 0 Å². The van der Waals surface area contributed by atoms with Crippen LogP contribution in [0.4, 0.5) is 5.69 Å². The van der Waals surface area contributed by atoms with E-state index in [0.29, 0.717) is 18.5 Å². The number of anilines is 1. The van der Waals surface area contributed by atoms with Crippen molar-refractivity contribution in [3.8, 4) is 0 Å². The first-order valence-corrected chi connectivity index (χ1v) is 5.28. The number of benzene rings is 1. The van der Waals surface area contributed by atoms with Gasteiger partial charge in [0.1, 0.15) is 6.61 Å². The smallest absolute Gasteiger partial charge is 0.289 e. The third-order valence-electron chi connectivity index (χ3n) is 2.47. The van der Waals surface area contributed by atoms with Gasteiger partial charge < -0.3 is 10.1 Å². The van der Waals surface area contributed by atoms with Crippen LogP contribution in [0.2, 0.25) is 0 Å². The maximum atomic E-state index is 5.47. The van der Waals surface area contributed by atoms with Gasteiger partial charge >= 0.3 is 0 Å². The first kappa shape index (κ1) is 10.0. The number of hydrogen-bond donors (Lipinski definition) is 1. The van der Waals surface area contributed by atoms with Crippen LogP contribution in [0.25, 0.3) is 0 Å². The highest BCUT2D eigenvalue weighted by molar-refractivity contribution is 5.89. The van der Waals surface area contributed by atoms with Crippen molar-refractivity contribution >= 4 is 11.7 Å². The van der Waals surface area contributed by atoms with E-state index in [1.807, 2.05) is 30.3 Å². The highest BCUT2D eigenvalue weighted by Gasteiger charge is 2.21. The Morgan fingerprint density at radius 2 is 2.07 bits per heavy atom. The second-order valence-corrected chi connectivity index (χ2v) is 4.05. The van der Waals surface area contributed by atoms with Crippen LogP contribution in [-0.4, -0.2) is 18.7 Å². The number of amidine groups is 1. The molecule has 0 saturated heterocycles. The molecule has 1 aromatic carbocycles. The lowest BCUT2D eigenvalue weighted by Gasteiger charge is -2.06. The lowest BCUT2D eigenvalue weighted by molar-refractivity contribution is 0.290. The third-order valence-corrected chi connectivity index (χ3v) is 2.47. The molecule has 80 valence electrons. The first-order valence-electron chi connectivity index (χ1n) is 5.28. The minimum atomic E-state index is 0.288. The summed E-state index contributed by atoms with van der Waals surface area (Å²) in [5.74, 6) is 0.528. The van der Waals surface area contributed by atoms with Gasteiger partial charge in [0.2, 0.25) is 0 Å². The summed E-state index contributed by atoms with van der Waals surface area (Å²) in [5.41, 5.74) is 1.01. The topological polar surface area (TPSA) is 33.6 Å². The quantitative estimate of drug-likeness (QED) is 0.803. The van der Waals surface area contributed by atoms with Gasteiger partial charge in [0.05, 0.1) is 6.04 Å². The number of ether oxygens (including phenoxy) is 1. The van der Waals surface area contributed by atoms with E-state index < -0.39 is 0 Å². The lowest BCUT2D eigenvalue weighted by Crippen LogP contribution is -2.13. The van der Waals surface area contributed by atoms with E-state index in [2.05, 4.69) is 24.2 Å². The van der Waals surface area contributed by atoms with Crippen LogP contribution >= 0.6 is 0 Å². The standard InChI is InChI=1S/C12H16N2O/c1-9(2)11-8-15-12(14-11)13-10-6-4-3-5-7-10/h3-7,9,11H,8H2,1-2H3,(H,13,14)/t11-/m1/s1. The summed E-state index contributed by atoms with van der Waals surface area (Å²) in [4.78, 5) is 4.47. The number of hydrogen-bond acceptors (Lipinski definition) is 3. The monoisotopic (exact) mass is 204 g/mol. The fourth-order valence-corrected chi connectivity index (χ4v) is 1.44. The maximum Gasteiger partial charge on any atom is 0.289 e. The number of rotatable bonds is 2. The Morgan fingerprint density at radius 1 is 1.33 bits per heavy atom. The van der Waals surface area contributed by atoms with Crippen molar-refractivity contribution in [2.75, 3.05) is 11.9 Å². The highest BCUT2D eigenvalue weighted by atomic mass is 16.5. The summed E-state index contributed by atoms with van der Waals surface area (Å²) in [7, 11) is 0. The van der Waals surface area contributed by atoms with Gasteiger partial charge in [0, 0.05) is 5.69 Å². The van der Waals surface area contributed by atoms with Gasteiger partial charge in [-0.3, -0.25) is 0 Å². The molecule has 3 nitrogen and oxygen atoms in total. The van der Waals surface area contributed by atoms with Crippen molar-refractivity contribution in [3.63, 3.8) is 0 Å². The molecule has 1 aliphatic rings. The summed E-state index contributed by atoms with van der Waals surface area (Å²) in [6.07, 6.45) is 0. The van der Waals surface area contributed by atoms with Crippen LogP contribution in [0.3, 0.4) is 0 Å². The zero-order valence-electron chi connectivity index (χ0n) is 9.10. The fraction of sp³-hybridized carbons (Fsp3) is 0.417. The maximum absolute atomic E-state index is 5.47. The average Bonchev–Trinajstić information content (AvgIpc) is 2.68. The Balaban J connectivity index is 2.00. The lowest BCUT2D eigenvalue weighted by atomic mass is 10.1. The van der Waals surface area contributed by atoms with Crippen LogP contribution in [0, 0.1) is 5.92 Å². The van der Waals surface area contributed by atoms with Crippen LogP contribution < -0.4 is 5.32 Å². The second-order valence-electron chi connectivity index (χ2n) is 4.05. The molecule has 1 aromatic rings. The van der Waals surface area contributed by atoms with Crippen molar-refractivity contribution in [3.05, 3.63) is 30.3 Å². The third kappa shape index (κ3) is 2.49. The Bertz CT molecular complexity index is 346. The van der Waals surface area contributed by atoms with Crippen molar-refractivity contribution < 1.29 is 4.74 Å². The minimum Gasteiger partial charge on any atom is -0.463 e. The molecule has 1 heterocycles. The van der Waals surface area contributed by atoms with E-state index in [0.717, 1.165) is 5.69 Å². The first-order chi connectivity index (χ1) is 7.25. The summed E-state index contributed by atoms with van der Waals surface area (Å²) in [6.45, 7) is 5.00. The molecule has 0 aliphatic carbocycles. The molecule has 0 amide bonds. The molecule has 1 aliphatic heterocycles. The van der Waals surface area contributed by atoms with Gasteiger partial charge in [0.15, 0.2) is 0 Å². The summed E-state index contributed by atoms with van der Waals surface area (Å²) in [6, 6.07) is 10.9. The van der Waals surface area contributed by atoms with E-state index >= 15 is 0 Å². The zero-order valence-corrected chi connectivity index (χ0v) is 9.10. The molecule has 2 rings (SSSR count). The fourth-order valence-electron chi connectivity index (χ4n) is 1.44.